The maximum Gasteiger partial charge on any atom is 0.224 e. The zero-order valence-electron chi connectivity index (χ0n) is 11.5. The number of anilines is 1. The Balaban J connectivity index is 1.91. The molecule has 1 aromatic carbocycles. The van der Waals surface area contributed by atoms with Gasteiger partial charge in [-0.25, -0.2) is 4.98 Å². The average molecular weight is 290 g/mol. The first-order valence-electron chi connectivity index (χ1n) is 6.62. The van der Waals surface area contributed by atoms with Gasteiger partial charge in [0.05, 0.1) is 0 Å². The monoisotopic (exact) mass is 289 g/mol. The Morgan fingerprint density at radius 2 is 1.80 bits per heavy atom. The summed E-state index contributed by atoms with van der Waals surface area (Å²) in [4.78, 5) is 8.68. The van der Waals surface area contributed by atoms with Gasteiger partial charge in [0.1, 0.15) is 17.4 Å². The summed E-state index contributed by atoms with van der Waals surface area (Å²) in [6.07, 6.45) is 2.25. The van der Waals surface area contributed by atoms with Gasteiger partial charge in [-0.15, -0.1) is 0 Å². The second-order valence-corrected chi connectivity index (χ2v) is 5.61. The Labute approximate surface area is 123 Å². The molecule has 0 aliphatic heterocycles. The summed E-state index contributed by atoms with van der Waals surface area (Å²) in [5.74, 6) is 2.86. The summed E-state index contributed by atoms with van der Waals surface area (Å²) in [5, 5.41) is 0.762. The highest BCUT2D eigenvalue weighted by atomic mass is 35.5. The molecule has 20 heavy (non-hydrogen) atoms. The van der Waals surface area contributed by atoms with Gasteiger partial charge in [0.15, 0.2) is 0 Å². The smallest absolute Gasteiger partial charge is 0.224 e. The van der Waals surface area contributed by atoms with Gasteiger partial charge in [0.2, 0.25) is 5.88 Å². The third kappa shape index (κ3) is 2.70. The molecule has 0 radical (unpaired) electrons. The van der Waals surface area contributed by atoms with Crippen LogP contribution in [0.4, 0.5) is 5.82 Å². The minimum atomic E-state index is 0.439. The Bertz CT molecular complexity index is 645. The summed E-state index contributed by atoms with van der Waals surface area (Å²) >= 11 is 6.15. The van der Waals surface area contributed by atoms with Crippen molar-refractivity contribution in [3.63, 3.8) is 0 Å². The summed E-state index contributed by atoms with van der Waals surface area (Å²) in [7, 11) is 0. The van der Waals surface area contributed by atoms with Crippen LogP contribution in [0.5, 0.6) is 11.6 Å². The van der Waals surface area contributed by atoms with Crippen LogP contribution in [0, 0.1) is 13.8 Å². The van der Waals surface area contributed by atoms with Crippen molar-refractivity contribution < 1.29 is 4.74 Å². The van der Waals surface area contributed by atoms with Crippen molar-refractivity contribution in [2.45, 2.75) is 32.6 Å². The summed E-state index contributed by atoms with van der Waals surface area (Å²) in [6.45, 7) is 3.90. The van der Waals surface area contributed by atoms with E-state index in [0.717, 1.165) is 34.8 Å². The van der Waals surface area contributed by atoms with Crippen LogP contribution >= 0.6 is 11.6 Å². The molecule has 1 aliphatic rings. The van der Waals surface area contributed by atoms with Crippen LogP contribution < -0.4 is 10.5 Å². The van der Waals surface area contributed by atoms with Gasteiger partial charge < -0.3 is 10.5 Å². The molecule has 2 aromatic rings. The first kappa shape index (κ1) is 13.2. The lowest BCUT2D eigenvalue weighted by atomic mass is 10.1. The number of ether oxygens (including phenoxy) is 1. The quantitative estimate of drug-likeness (QED) is 0.928. The topological polar surface area (TPSA) is 61.0 Å². The fraction of sp³-hybridized carbons (Fsp3) is 0.333. The van der Waals surface area contributed by atoms with Crippen LogP contribution in [0.25, 0.3) is 0 Å². The molecule has 1 aliphatic carbocycles. The van der Waals surface area contributed by atoms with E-state index in [2.05, 4.69) is 9.97 Å². The number of aromatic nitrogens is 2. The summed E-state index contributed by atoms with van der Waals surface area (Å²) < 4.78 is 5.80. The van der Waals surface area contributed by atoms with E-state index in [9.17, 15) is 0 Å². The minimum absolute atomic E-state index is 0.439. The van der Waals surface area contributed by atoms with Crippen LogP contribution in [0.1, 0.15) is 35.7 Å². The fourth-order valence-corrected chi connectivity index (χ4v) is 2.23. The largest absolute Gasteiger partial charge is 0.439 e. The van der Waals surface area contributed by atoms with E-state index in [4.69, 9.17) is 22.1 Å². The zero-order chi connectivity index (χ0) is 14.3. The number of hydrogen-bond acceptors (Lipinski definition) is 4. The molecule has 2 N–H and O–H groups in total. The van der Waals surface area contributed by atoms with E-state index >= 15 is 0 Å². The molecule has 1 heterocycles. The lowest BCUT2D eigenvalue weighted by molar-refractivity contribution is 0.458. The predicted molar refractivity (Wildman–Crippen MR) is 79.4 cm³/mol. The van der Waals surface area contributed by atoms with Crippen LogP contribution in [-0.2, 0) is 0 Å². The number of halogens is 1. The molecule has 4 nitrogen and oxygen atoms in total. The van der Waals surface area contributed by atoms with Crippen LogP contribution in [0.15, 0.2) is 18.2 Å². The Hall–Kier alpha value is -1.81. The molecule has 0 unspecified atom stereocenters. The number of hydrogen-bond donors (Lipinski definition) is 1. The molecule has 3 rings (SSSR count). The molecule has 5 heteroatoms. The van der Waals surface area contributed by atoms with Gasteiger partial charge >= 0.3 is 0 Å². The van der Waals surface area contributed by atoms with Crippen molar-refractivity contribution in [1.29, 1.82) is 0 Å². The zero-order valence-corrected chi connectivity index (χ0v) is 12.2. The number of nitrogens with two attached hydrogens (primary N) is 1. The number of aryl methyl sites for hydroxylation is 2. The van der Waals surface area contributed by atoms with Crippen LogP contribution in [0.3, 0.4) is 0 Å². The van der Waals surface area contributed by atoms with Crippen molar-refractivity contribution in [1.82, 2.24) is 9.97 Å². The fourth-order valence-electron chi connectivity index (χ4n) is 2.12. The Kier molecular flexibility index (Phi) is 3.26. The van der Waals surface area contributed by atoms with Gasteiger partial charge in [0.25, 0.3) is 0 Å². The van der Waals surface area contributed by atoms with E-state index in [1.807, 2.05) is 26.0 Å². The molecule has 0 amide bonds. The van der Waals surface area contributed by atoms with Gasteiger partial charge in [-0.2, -0.15) is 4.98 Å². The van der Waals surface area contributed by atoms with Crippen molar-refractivity contribution in [2.75, 3.05) is 5.73 Å². The van der Waals surface area contributed by atoms with E-state index in [0.29, 0.717) is 23.4 Å². The average Bonchev–Trinajstić information content (AvgIpc) is 3.19. The van der Waals surface area contributed by atoms with Crippen molar-refractivity contribution in [3.8, 4) is 11.6 Å². The van der Waals surface area contributed by atoms with Gasteiger partial charge in [-0.05, 0) is 49.9 Å². The molecule has 1 aromatic heterocycles. The maximum absolute atomic E-state index is 6.15. The summed E-state index contributed by atoms with van der Waals surface area (Å²) in [6, 6.07) is 5.43. The SMILES string of the molecule is Cc1cc(Oc2cc(N)nc(C3CC3)n2)cc(C)c1Cl. The highest BCUT2D eigenvalue weighted by Gasteiger charge is 2.27. The van der Waals surface area contributed by atoms with Gasteiger partial charge in [-0.3, -0.25) is 0 Å². The Morgan fingerprint density at radius 1 is 1.15 bits per heavy atom. The number of benzene rings is 1. The summed E-state index contributed by atoms with van der Waals surface area (Å²) in [5.41, 5.74) is 7.77. The van der Waals surface area contributed by atoms with Crippen LogP contribution in [0.2, 0.25) is 5.02 Å². The van der Waals surface area contributed by atoms with Crippen molar-refractivity contribution >= 4 is 17.4 Å². The lowest BCUT2D eigenvalue weighted by Gasteiger charge is -2.10. The molecular formula is C15H16ClN3O. The first-order chi connectivity index (χ1) is 9.52. The second kappa shape index (κ2) is 4.94. The molecule has 1 saturated carbocycles. The number of nitrogens with zero attached hydrogens (tertiary/aromatic N) is 2. The van der Waals surface area contributed by atoms with Crippen molar-refractivity contribution in [3.05, 3.63) is 40.2 Å². The van der Waals surface area contributed by atoms with Gasteiger partial charge in [-0.1, -0.05) is 11.6 Å². The van der Waals surface area contributed by atoms with Gasteiger partial charge in [0, 0.05) is 17.0 Å². The normalized spacial score (nSPS) is 14.3. The molecule has 1 fully saturated rings. The Morgan fingerprint density at radius 3 is 2.40 bits per heavy atom. The molecule has 0 saturated heterocycles. The lowest BCUT2D eigenvalue weighted by Crippen LogP contribution is -2.00. The van der Waals surface area contributed by atoms with Crippen molar-refractivity contribution in [2.24, 2.45) is 0 Å². The minimum Gasteiger partial charge on any atom is -0.439 e. The molecule has 0 atom stereocenters. The first-order valence-corrected chi connectivity index (χ1v) is 7.00. The highest BCUT2D eigenvalue weighted by Crippen LogP contribution is 2.39. The maximum atomic E-state index is 6.15. The van der Waals surface area contributed by atoms with E-state index < -0.39 is 0 Å². The molecular weight excluding hydrogens is 274 g/mol. The number of nitrogen functional groups attached to an aromatic ring is 1. The van der Waals surface area contributed by atoms with E-state index in [1.54, 1.807) is 6.07 Å². The third-order valence-electron chi connectivity index (χ3n) is 3.31. The van der Waals surface area contributed by atoms with Crippen LogP contribution in [-0.4, -0.2) is 9.97 Å². The number of rotatable bonds is 3. The molecule has 104 valence electrons. The third-order valence-corrected chi connectivity index (χ3v) is 3.91. The second-order valence-electron chi connectivity index (χ2n) is 5.24. The molecule has 0 bridgehead atoms. The molecule has 0 spiro atoms. The predicted octanol–water partition coefficient (Wildman–Crippen LogP) is 4.00. The van der Waals surface area contributed by atoms with E-state index in [1.165, 1.54) is 0 Å². The standard InChI is InChI=1S/C15H16ClN3O/c1-8-5-11(6-9(2)14(8)16)20-13-7-12(17)18-15(19-13)10-3-4-10/h5-7,10H,3-4H2,1-2H3,(H2,17,18,19). The van der Waals surface area contributed by atoms with E-state index in [-0.39, 0.29) is 0 Å². The highest BCUT2D eigenvalue weighted by molar-refractivity contribution is 6.32.